The van der Waals surface area contributed by atoms with Crippen LogP contribution in [0.2, 0.25) is 0 Å². The second-order valence-corrected chi connectivity index (χ2v) is 17.5. The third-order valence-electron chi connectivity index (χ3n) is 13.3. The average molecular weight is 822 g/mol. The largest absolute Gasteiger partial charge is 0.456 e. The normalized spacial score (nSPS) is 14.0. The van der Waals surface area contributed by atoms with Gasteiger partial charge >= 0.3 is 0 Å². The molecule has 2 aliphatic carbocycles. The number of hydrogen-bond donors (Lipinski definition) is 0. The van der Waals surface area contributed by atoms with E-state index in [4.69, 9.17) is 19.4 Å². The molecule has 8 aromatic carbocycles. The van der Waals surface area contributed by atoms with Gasteiger partial charge in [-0.3, -0.25) is 0 Å². The summed E-state index contributed by atoms with van der Waals surface area (Å²) in [4.78, 5) is 15.3. The van der Waals surface area contributed by atoms with E-state index in [2.05, 4.69) is 196 Å². The second kappa shape index (κ2) is 15.1. The number of nitrogens with zero attached hydrogens (tertiary/aromatic N) is 3. The molecule has 0 N–H and O–H groups in total. The SMILES string of the molecule is CC1(C)c2ccccc2-c2cc(-c3ccc(-c4nc(-c5ccccc5)nc(-c5cccc(-c6cccc7oc8ccc(C9=CC=C(c%10ccccc%10)CC9)cc8c67)c5)n4)cc3)ccc21. The van der Waals surface area contributed by atoms with E-state index in [1.165, 1.54) is 50.1 Å². The fourth-order valence-electron chi connectivity index (χ4n) is 9.93. The van der Waals surface area contributed by atoms with Crippen LogP contribution in [-0.2, 0) is 5.41 Å². The Kier molecular flexibility index (Phi) is 8.94. The van der Waals surface area contributed by atoms with Gasteiger partial charge in [0.25, 0.3) is 0 Å². The number of hydrogen-bond acceptors (Lipinski definition) is 4. The van der Waals surface area contributed by atoms with Crippen LogP contribution >= 0.6 is 0 Å². The summed E-state index contributed by atoms with van der Waals surface area (Å²) in [5, 5.41) is 2.21. The van der Waals surface area contributed by atoms with E-state index >= 15 is 0 Å². The first-order valence-electron chi connectivity index (χ1n) is 22.1. The van der Waals surface area contributed by atoms with E-state index in [0.29, 0.717) is 17.5 Å². The summed E-state index contributed by atoms with van der Waals surface area (Å²) in [6.07, 6.45) is 6.57. The summed E-state index contributed by atoms with van der Waals surface area (Å²) in [5.74, 6) is 1.88. The molecule has 2 aliphatic rings. The second-order valence-electron chi connectivity index (χ2n) is 17.5. The molecule has 0 unspecified atom stereocenters. The summed E-state index contributed by atoms with van der Waals surface area (Å²) in [7, 11) is 0. The fraction of sp³-hybridized carbons (Fsp3) is 0.0833. The number of furan rings is 1. The van der Waals surface area contributed by atoms with Crippen LogP contribution in [0.3, 0.4) is 0 Å². The number of aromatic nitrogens is 3. The first-order valence-corrected chi connectivity index (χ1v) is 22.1. The predicted octanol–water partition coefficient (Wildman–Crippen LogP) is 15.7. The monoisotopic (exact) mass is 821 g/mol. The molecule has 12 rings (SSSR count). The zero-order chi connectivity index (χ0) is 42.8. The third-order valence-corrected chi connectivity index (χ3v) is 13.3. The van der Waals surface area contributed by atoms with Crippen LogP contribution in [0, 0.1) is 0 Å². The molecule has 0 aliphatic heterocycles. The van der Waals surface area contributed by atoms with Crippen LogP contribution in [0.1, 0.15) is 48.9 Å². The van der Waals surface area contributed by atoms with Gasteiger partial charge < -0.3 is 4.42 Å². The maximum Gasteiger partial charge on any atom is 0.164 e. The standard InChI is InChI=1S/C60H43N3O/c1-60(2)52-21-10-9-19-49(52)50-36-44(31-33-53(50)60)41-27-29-43(30-28-41)58-61-57(42-15-7-4-8-16-42)62-59(63-58)47-18-11-17-46(35-47)48-20-12-22-55-56(48)51-37-45(32-34-54(51)64-55)40-25-23-39(24-26-40)38-13-5-3-6-14-38/h3-23,25,27-37H,24,26H2,1-2H3. The molecular formula is C60H43N3O. The summed E-state index contributed by atoms with van der Waals surface area (Å²) in [6, 6.07) is 66.7. The molecule has 304 valence electrons. The van der Waals surface area contributed by atoms with E-state index in [1.54, 1.807) is 0 Å². The maximum atomic E-state index is 6.49. The summed E-state index contributed by atoms with van der Waals surface area (Å²) < 4.78 is 6.49. The van der Waals surface area contributed by atoms with Crippen LogP contribution in [0.4, 0.5) is 0 Å². The third kappa shape index (κ3) is 6.49. The highest BCUT2D eigenvalue weighted by Crippen LogP contribution is 2.49. The molecule has 64 heavy (non-hydrogen) atoms. The minimum atomic E-state index is -0.0229. The van der Waals surface area contributed by atoms with Gasteiger partial charge in [0.15, 0.2) is 17.5 Å². The van der Waals surface area contributed by atoms with Crippen molar-refractivity contribution in [1.29, 1.82) is 0 Å². The van der Waals surface area contributed by atoms with E-state index < -0.39 is 0 Å². The molecule has 2 aromatic heterocycles. The van der Waals surface area contributed by atoms with Gasteiger partial charge in [-0.15, -0.1) is 0 Å². The van der Waals surface area contributed by atoms with Crippen molar-refractivity contribution in [1.82, 2.24) is 15.0 Å². The highest BCUT2D eigenvalue weighted by Gasteiger charge is 2.35. The van der Waals surface area contributed by atoms with Crippen LogP contribution in [0.15, 0.2) is 205 Å². The molecule has 0 bridgehead atoms. The topological polar surface area (TPSA) is 51.8 Å². The van der Waals surface area contributed by atoms with Crippen molar-refractivity contribution in [3.63, 3.8) is 0 Å². The van der Waals surface area contributed by atoms with Crippen molar-refractivity contribution in [3.8, 4) is 67.5 Å². The Balaban J connectivity index is 0.908. The van der Waals surface area contributed by atoms with Gasteiger partial charge in [0.1, 0.15) is 11.2 Å². The zero-order valence-corrected chi connectivity index (χ0v) is 35.7. The molecule has 0 fully saturated rings. The molecule has 4 heteroatoms. The lowest BCUT2D eigenvalue weighted by atomic mass is 9.82. The molecule has 0 atom stereocenters. The minimum absolute atomic E-state index is 0.0229. The van der Waals surface area contributed by atoms with Crippen LogP contribution in [-0.4, -0.2) is 15.0 Å². The highest BCUT2D eigenvalue weighted by molar-refractivity contribution is 6.13. The molecular weight excluding hydrogens is 779 g/mol. The Morgan fingerprint density at radius 3 is 1.67 bits per heavy atom. The highest BCUT2D eigenvalue weighted by atomic mass is 16.3. The van der Waals surface area contributed by atoms with Gasteiger partial charge in [-0.25, -0.2) is 15.0 Å². The number of allylic oxidation sites excluding steroid dienone is 4. The zero-order valence-electron chi connectivity index (χ0n) is 35.7. The van der Waals surface area contributed by atoms with Crippen molar-refractivity contribution in [2.24, 2.45) is 0 Å². The van der Waals surface area contributed by atoms with Gasteiger partial charge in [0, 0.05) is 32.9 Å². The summed E-state index contributed by atoms with van der Waals surface area (Å²) in [5.41, 5.74) is 19.6. The van der Waals surface area contributed by atoms with Crippen LogP contribution in [0.25, 0.3) is 101 Å². The van der Waals surface area contributed by atoms with Crippen molar-refractivity contribution < 1.29 is 4.42 Å². The average Bonchev–Trinajstić information content (AvgIpc) is 3.85. The first-order chi connectivity index (χ1) is 31.4. The van der Waals surface area contributed by atoms with Crippen LogP contribution < -0.4 is 0 Å². The molecule has 0 spiro atoms. The molecule has 0 radical (unpaired) electrons. The Morgan fingerprint density at radius 1 is 0.375 bits per heavy atom. The fourth-order valence-corrected chi connectivity index (χ4v) is 9.93. The van der Waals surface area contributed by atoms with E-state index in [-0.39, 0.29) is 5.41 Å². The Labute approximate surface area is 373 Å². The van der Waals surface area contributed by atoms with Gasteiger partial charge in [0.2, 0.25) is 0 Å². The van der Waals surface area contributed by atoms with Gasteiger partial charge in [-0.1, -0.05) is 184 Å². The summed E-state index contributed by atoms with van der Waals surface area (Å²) >= 11 is 0. The summed E-state index contributed by atoms with van der Waals surface area (Å²) in [6.45, 7) is 4.64. The lowest BCUT2D eigenvalue weighted by Gasteiger charge is -2.21. The molecule has 2 heterocycles. The Bertz CT molecular complexity index is 3500. The van der Waals surface area contributed by atoms with Gasteiger partial charge in [-0.2, -0.15) is 0 Å². The number of rotatable bonds is 7. The van der Waals surface area contributed by atoms with Crippen LogP contribution in [0.5, 0.6) is 0 Å². The quantitative estimate of drug-likeness (QED) is 0.161. The minimum Gasteiger partial charge on any atom is -0.456 e. The van der Waals surface area contributed by atoms with Crippen molar-refractivity contribution in [2.75, 3.05) is 0 Å². The predicted molar refractivity (Wildman–Crippen MR) is 263 cm³/mol. The smallest absolute Gasteiger partial charge is 0.164 e. The molecule has 0 saturated carbocycles. The first kappa shape index (κ1) is 37.8. The lowest BCUT2D eigenvalue weighted by molar-refractivity contribution is 0.660. The van der Waals surface area contributed by atoms with E-state index in [1.807, 2.05) is 18.2 Å². The lowest BCUT2D eigenvalue weighted by Crippen LogP contribution is -2.14. The molecule has 4 nitrogen and oxygen atoms in total. The Hall–Kier alpha value is -7.95. The van der Waals surface area contributed by atoms with Gasteiger partial charge in [-0.05, 0) is 110 Å². The Morgan fingerprint density at radius 2 is 0.922 bits per heavy atom. The maximum absolute atomic E-state index is 6.49. The van der Waals surface area contributed by atoms with Gasteiger partial charge in [0.05, 0.1) is 0 Å². The van der Waals surface area contributed by atoms with Crippen molar-refractivity contribution in [3.05, 3.63) is 222 Å². The molecule has 0 saturated heterocycles. The van der Waals surface area contributed by atoms with E-state index in [0.717, 1.165) is 68.2 Å². The van der Waals surface area contributed by atoms with E-state index in [9.17, 15) is 0 Å². The molecule has 0 amide bonds. The van der Waals surface area contributed by atoms with Crippen molar-refractivity contribution in [2.45, 2.75) is 32.1 Å². The molecule has 10 aromatic rings. The number of fused-ring (bicyclic) bond motifs is 6. The number of benzene rings is 8. The van der Waals surface area contributed by atoms with Crippen molar-refractivity contribution >= 4 is 33.1 Å².